The number of amides is 2. The van der Waals surface area contributed by atoms with Gasteiger partial charge in [0.25, 0.3) is 0 Å². The van der Waals surface area contributed by atoms with E-state index in [1.807, 2.05) is 30.3 Å². The number of rotatable bonds is 9. The molecule has 0 saturated carbocycles. The van der Waals surface area contributed by atoms with Gasteiger partial charge in [0.05, 0.1) is 12.5 Å². The van der Waals surface area contributed by atoms with Gasteiger partial charge in [-0.1, -0.05) is 30.3 Å². The topological polar surface area (TPSA) is 102 Å². The predicted octanol–water partition coefficient (Wildman–Crippen LogP) is 1.32. The summed E-state index contributed by atoms with van der Waals surface area (Å²) < 4.78 is 5.05. The molecule has 0 aliphatic rings. The van der Waals surface area contributed by atoms with Gasteiger partial charge in [-0.25, -0.2) is 4.79 Å². The molecule has 1 rings (SSSR count). The van der Waals surface area contributed by atoms with Crippen molar-refractivity contribution in [3.05, 3.63) is 35.9 Å². The first kappa shape index (κ1) is 17.0. The van der Waals surface area contributed by atoms with Crippen molar-refractivity contribution in [2.45, 2.75) is 38.4 Å². The van der Waals surface area contributed by atoms with Crippen LogP contribution in [0.3, 0.4) is 0 Å². The summed E-state index contributed by atoms with van der Waals surface area (Å²) in [5.74, 6) is -0.509. The second-order valence-electron chi connectivity index (χ2n) is 4.81. The third kappa shape index (κ3) is 8.65. The highest BCUT2D eigenvalue weighted by molar-refractivity contribution is 5.74. The summed E-state index contributed by atoms with van der Waals surface area (Å²) in [6.07, 6.45) is 0.712. The number of carbonyl (C=O) groups excluding carboxylic acids is 2. The van der Waals surface area contributed by atoms with E-state index in [-0.39, 0.29) is 13.0 Å². The van der Waals surface area contributed by atoms with Crippen LogP contribution < -0.4 is 11.1 Å². The molecule has 0 heterocycles. The standard InChI is InChI=1S/C15H22N2O4/c16-14(19)10-13(18)8-4-5-9-17-15(20)21-11-12-6-2-1-3-7-12/h1-3,6-7,13,18H,4-5,8-11H2,(H2,16,19)(H,17,20)/t13-/m0/s1. The van der Waals surface area contributed by atoms with Gasteiger partial charge in [-0.3, -0.25) is 4.79 Å². The zero-order chi connectivity index (χ0) is 15.5. The minimum Gasteiger partial charge on any atom is -0.445 e. The quantitative estimate of drug-likeness (QED) is 0.598. The molecule has 1 aromatic carbocycles. The molecule has 0 fully saturated rings. The maximum Gasteiger partial charge on any atom is 0.407 e. The van der Waals surface area contributed by atoms with Crippen LogP contribution in [-0.4, -0.2) is 29.8 Å². The van der Waals surface area contributed by atoms with Crippen LogP contribution in [-0.2, 0) is 16.1 Å². The zero-order valence-corrected chi connectivity index (χ0v) is 12.0. The molecular formula is C15H22N2O4. The van der Waals surface area contributed by atoms with Crippen molar-refractivity contribution in [3.63, 3.8) is 0 Å². The molecule has 0 aromatic heterocycles. The van der Waals surface area contributed by atoms with Crippen LogP contribution in [0.25, 0.3) is 0 Å². The van der Waals surface area contributed by atoms with Crippen molar-refractivity contribution in [2.24, 2.45) is 5.73 Å². The molecule has 1 aromatic rings. The molecule has 0 aliphatic carbocycles. The smallest absolute Gasteiger partial charge is 0.407 e. The predicted molar refractivity (Wildman–Crippen MR) is 78.3 cm³/mol. The minimum absolute atomic E-state index is 0.0213. The Labute approximate surface area is 124 Å². The van der Waals surface area contributed by atoms with Crippen molar-refractivity contribution in [2.75, 3.05) is 6.54 Å². The second kappa shape index (κ2) is 9.77. The highest BCUT2D eigenvalue weighted by Gasteiger charge is 2.07. The lowest BCUT2D eigenvalue weighted by atomic mass is 10.1. The maximum atomic E-state index is 11.4. The van der Waals surface area contributed by atoms with Crippen LogP contribution in [0.5, 0.6) is 0 Å². The molecule has 0 spiro atoms. The molecule has 1 atom stereocenters. The summed E-state index contributed by atoms with van der Waals surface area (Å²) >= 11 is 0. The van der Waals surface area contributed by atoms with Crippen molar-refractivity contribution in [1.82, 2.24) is 5.32 Å². The molecule has 0 aliphatic heterocycles. The Kier molecular flexibility index (Phi) is 7.89. The molecule has 0 bridgehead atoms. The zero-order valence-electron chi connectivity index (χ0n) is 12.0. The van der Waals surface area contributed by atoms with Gasteiger partial charge in [-0.15, -0.1) is 0 Å². The number of aliphatic hydroxyl groups is 1. The summed E-state index contributed by atoms with van der Waals surface area (Å²) in [6, 6.07) is 9.43. The molecule has 4 N–H and O–H groups in total. The van der Waals surface area contributed by atoms with Crippen LogP contribution in [0.4, 0.5) is 4.79 Å². The molecule has 6 heteroatoms. The lowest BCUT2D eigenvalue weighted by molar-refractivity contribution is -0.119. The van der Waals surface area contributed by atoms with Gasteiger partial charge < -0.3 is 20.9 Å². The van der Waals surface area contributed by atoms with E-state index >= 15 is 0 Å². The SMILES string of the molecule is NC(=O)C[C@@H](O)CCCCNC(=O)OCc1ccccc1. The maximum absolute atomic E-state index is 11.4. The van der Waals surface area contributed by atoms with Crippen LogP contribution in [0, 0.1) is 0 Å². The van der Waals surface area contributed by atoms with E-state index in [4.69, 9.17) is 10.5 Å². The van der Waals surface area contributed by atoms with E-state index in [1.165, 1.54) is 0 Å². The largest absolute Gasteiger partial charge is 0.445 e. The first-order valence-electron chi connectivity index (χ1n) is 6.99. The number of ether oxygens (including phenoxy) is 1. The first-order chi connectivity index (χ1) is 10.1. The number of nitrogens with one attached hydrogen (secondary N) is 1. The summed E-state index contributed by atoms with van der Waals surface area (Å²) in [5.41, 5.74) is 5.90. The average molecular weight is 294 g/mol. The van der Waals surface area contributed by atoms with Gasteiger partial charge in [-0.05, 0) is 24.8 Å². The van der Waals surface area contributed by atoms with Gasteiger partial charge in [0, 0.05) is 6.54 Å². The Bertz CT molecular complexity index is 437. The monoisotopic (exact) mass is 294 g/mol. The van der Waals surface area contributed by atoms with Crippen LogP contribution in [0.2, 0.25) is 0 Å². The third-order valence-electron chi connectivity index (χ3n) is 2.88. The Morgan fingerprint density at radius 1 is 1.24 bits per heavy atom. The van der Waals surface area contributed by atoms with E-state index in [0.717, 1.165) is 5.56 Å². The average Bonchev–Trinajstić information content (AvgIpc) is 2.45. The van der Waals surface area contributed by atoms with E-state index in [9.17, 15) is 14.7 Å². The highest BCUT2D eigenvalue weighted by Crippen LogP contribution is 2.04. The van der Waals surface area contributed by atoms with Gasteiger partial charge in [0.2, 0.25) is 5.91 Å². The number of carbonyl (C=O) groups is 2. The molecule has 6 nitrogen and oxygen atoms in total. The fraction of sp³-hybridized carbons (Fsp3) is 0.467. The van der Waals surface area contributed by atoms with E-state index in [1.54, 1.807) is 0 Å². The van der Waals surface area contributed by atoms with Crippen molar-refractivity contribution in [3.8, 4) is 0 Å². The van der Waals surface area contributed by atoms with E-state index in [2.05, 4.69) is 5.32 Å². The summed E-state index contributed by atoms with van der Waals surface area (Å²) in [4.78, 5) is 22.0. The molecule has 0 saturated heterocycles. The summed E-state index contributed by atoms with van der Waals surface area (Å²) in [6.45, 7) is 0.709. The molecular weight excluding hydrogens is 272 g/mol. The van der Waals surface area contributed by atoms with Gasteiger partial charge in [0.15, 0.2) is 0 Å². The molecule has 116 valence electrons. The normalized spacial score (nSPS) is 11.7. The number of hydrogen-bond acceptors (Lipinski definition) is 4. The number of primary amides is 1. The van der Waals surface area contributed by atoms with Crippen LogP contribution >= 0.6 is 0 Å². The Morgan fingerprint density at radius 2 is 1.95 bits per heavy atom. The summed E-state index contributed by atoms with van der Waals surface area (Å²) in [7, 11) is 0. The number of unbranched alkanes of at least 4 members (excludes halogenated alkanes) is 1. The van der Waals surface area contributed by atoms with Gasteiger partial charge >= 0.3 is 6.09 Å². The van der Waals surface area contributed by atoms with E-state index < -0.39 is 18.1 Å². The summed E-state index contributed by atoms with van der Waals surface area (Å²) in [5, 5.41) is 12.1. The number of nitrogens with two attached hydrogens (primary N) is 1. The number of hydrogen-bond donors (Lipinski definition) is 3. The van der Waals surface area contributed by atoms with Crippen molar-refractivity contribution >= 4 is 12.0 Å². The Morgan fingerprint density at radius 3 is 2.62 bits per heavy atom. The lowest BCUT2D eigenvalue weighted by Crippen LogP contribution is -2.25. The number of benzene rings is 1. The Hall–Kier alpha value is -2.08. The molecule has 21 heavy (non-hydrogen) atoms. The van der Waals surface area contributed by atoms with Crippen molar-refractivity contribution < 1.29 is 19.4 Å². The van der Waals surface area contributed by atoms with Crippen molar-refractivity contribution in [1.29, 1.82) is 0 Å². The van der Waals surface area contributed by atoms with E-state index in [0.29, 0.717) is 25.8 Å². The first-order valence-corrected chi connectivity index (χ1v) is 6.99. The number of aliphatic hydroxyl groups excluding tert-OH is 1. The van der Waals surface area contributed by atoms with Gasteiger partial charge in [0.1, 0.15) is 6.61 Å². The molecule has 0 unspecified atom stereocenters. The fourth-order valence-electron chi connectivity index (χ4n) is 1.80. The fourth-order valence-corrected chi connectivity index (χ4v) is 1.80. The Balaban J connectivity index is 2.02. The third-order valence-corrected chi connectivity index (χ3v) is 2.88. The second-order valence-corrected chi connectivity index (χ2v) is 4.81. The number of alkyl carbamates (subject to hydrolysis) is 1. The molecule has 2 amide bonds. The highest BCUT2D eigenvalue weighted by atomic mass is 16.5. The van der Waals surface area contributed by atoms with Crippen LogP contribution in [0.1, 0.15) is 31.2 Å². The van der Waals surface area contributed by atoms with Gasteiger partial charge in [-0.2, -0.15) is 0 Å². The minimum atomic E-state index is -0.701. The molecule has 0 radical (unpaired) electrons. The lowest BCUT2D eigenvalue weighted by Gasteiger charge is -2.09. The van der Waals surface area contributed by atoms with Crippen LogP contribution in [0.15, 0.2) is 30.3 Å².